The minimum atomic E-state index is -0.142. The third-order valence-corrected chi connectivity index (χ3v) is 4.83. The summed E-state index contributed by atoms with van der Waals surface area (Å²) in [5, 5.41) is 0. The molecular weight excluding hydrogens is 322 g/mol. The molecule has 1 atom stereocenters. The molecular formula is C15H18BrNOS. The zero-order valence-electron chi connectivity index (χ0n) is 11.4. The van der Waals surface area contributed by atoms with Crippen molar-refractivity contribution in [3.63, 3.8) is 0 Å². The first kappa shape index (κ1) is 14.6. The van der Waals surface area contributed by atoms with Crippen molar-refractivity contribution in [1.82, 2.24) is 0 Å². The molecule has 19 heavy (non-hydrogen) atoms. The maximum atomic E-state index is 6.41. The number of hydrogen-bond donors (Lipinski definition) is 1. The Hall–Kier alpha value is -0.840. The van der Waals surface area contributed by atoms with Crippen molar-refractivity contribution in [3.05, 3.63) is 49.6 Å². The maximum absolute atomic E-state index is 6.41. The van der Waals surface area contributed by atoms with Crippen molar-refractivity contribution in [2.45, 2.75) is 26.8 Å². The van der Waals surface area contributed by atoms with E-state index in [2.05, 4.69) is 35.8 Å². The van der Waals surface area contributed by atoms with Gasteiger partial charge in [-0.3, -0.25) is 0 Å². The Bertz CT molecular complexity index is 560. The summed E-state index contributed by atoms with van der Waals surface area (Å²) in [7, 11) is 0. The van der Waals surface area contributed by atoms with Crippen LogP contribution >= 0.6 is 27.3 Å². The van der Waals surface area contributed by atoms with Crippen molar-refractivity contribution in [1.29, 1.82) is 0 Å². The topological polar surface area (TPSA) is 35.2 Å². The fraction of sp³-hybridized carbons (Fsp3) is 0.333. The van der Waals surface area contributed by atoms with Gasteiger partial charge < -0.3 is 10.5 Å². The van der Waals surface area contributed by atoms with Crippen LogP contribution in [0, 0.1) is 13.8 Å². The monoisotopic (exact) mass is 339 g/mol. The second kappa shape index (κ2) is 6.07. The molecule has 2 aromatic rings. The number of thiophene rings is 1. The van der Waals surface area contributed by atoms with E-state index in [4.69, 9.17) is 10.5 Å². The smallest absolute Gasteiger partial charge is 0.124 e. The number of benzene rings is 1. The molecule has 1 aromatic carbocycles. The van der Waals surface area contributed by atoms with Crippen LogP contribution in [-0.4, -0.2) is 6.61 Å². The molecule has 0 aliphatic heterocycles. The van der Waals surface area contributed by atoms with Gasteiger partial charge in [0.05, 0.1) is 12.6 Å². The second-order valence-corrected chi connectivity index (χ2v) is 6.68. The molecule has 0 aliphatic carbocycles. The third kappa shape index (κ3) is 3.19. The largest absolute Gasteiger partial charge is 0.494 e. The highest BCUT2D eigenvalue weighted by molar-refractivity contribution is 9.10. The molecule has 1 aromatic heterocycles. The summed E-state index contributed by atoms with van der Waals surface area (Å²) in [4.78, 5) is 2.49. The Morgan fingerprint density at radius 1 is 1.32 bits per heavy atom. The first-order valence-electron chi connectivity index (χ1n) is 6.27. The highest BCUT2D eigenvalue weighted by Gasteiger charge is 2.17. The fourth-order valence-corrected chi connectivity index (χ4v) is 3.40. The van der Waals surface area contributed by atoms with Gasteiger partial charge in [-0.25, -0.2) is 0 Å². The van der Waals surface area contributed by atoms with E-state index < -0.39 is 0 Å². The van der Waals surface area contributed by atoms with E-state index in [1.807, 2.05) is 25.1 Å². The minimum absolute atomic E-state index is 0.142. The van der Waals surface area contributed by atoms with E-state index in [1.165, 1.54) is 15.3 Å². The predicted molar refractivity (Wildman–Crippen MR) is 85.1 cm³/mol. The van der Waals surface area contributed by atoms with E-state index in [9.17, 15) is 0 Å². The zero-order valence-corrected chi connectivity index (χ0v) is 13.8. The minimum Gasteiger partial charge on any atom is -0.494 e. The first-order valence-corrected chi connectivity index (χ1v) is 7.88. The average Bonchev–Trinajstić information content (AvgIpc) is 2.71. The van der Waals surface area contributed by atoms with E-state index in [-0.39, 0.29) is 6.04 Å². The maximum Gasteiger partial charge on any atom is 0.124 e. The Kier molecular flexibility index (Phi) is 4.66. The standard InChI is InChI=1S/C15H18BrNOS/c1-4-18-13-6-5-11(16)8-12(13)15(17)14-7-9(2)10(3)19-14/h5-8,15H,4,17H2,1-3H3. The molecule has 0 amide bonds. The van der Waals surface area contributed by atoms with Gasteiger partial charge in [0, 0.05) is 19.8 Å². The Balaban J connectivity index is 2.41. The summed E-state index contributed by atoms with van der Waals surface area (Å²) in [6.07, 6.45) is 0. The summed E-state index contributed by atoms with van der Waals surface area (Å²) < 4.78 is 6.70. The highest BCUT2D eigenvalue weighted by atomic mass is 79.9. The molecule has 0 saturated carbocycles. The number of aryl methyl sites for hydroxylation is 2. The van der Waals surface area contributed by atoms with Crippen LogP contribution in [0.1, 0.15) is 33.8 Å². The number of rotatable bonds is 4. The van der Waals surface area contributed by atoms with Gasteiger partial charge in [-0.1, -0.05) is 15.9 Å². The molecule has 0 radical (unpaired) electrons. The van der Waals surface area contributed by atoms with Gasteiger partial charge in [-0.2, -0.15) is 0 Å². The van der Waals surface area contributed by atoms with Crippen molar-refractivity contribution < 1.29 is 4.74 Å². The average molecular weight is 340 g/mol. The van der Waals surface area contributed by atoms with Crippen LogP contribution in [0.2, 0.25) is 0 Å². The van der Waals surface area contributed by atoms with Crippen molar-refractivity contribution in [2.24, 2.45) is 5.73 Å². The van der Waals surface area contributed by atoms with Crippen LogP contribution in [-0.2, 0) is 0 Å². The van der Waals surface area contributed by atoms with E-state index in [0.717, 1.165) is 15.8 Å². The molecule has 4 heteroatoms. The third-order valence-electron chi connectivity index (χ3n) is 3.10. The summed E-state index contributed by atoms with van der Waals surface area (Å²) in [5.41, 5.74) is 8.73. The van der Waals surface area contributed by atoms with Gasteiger partial charge in [0.1, 0.15) is 5.75 Å². The van der Waals surface area contributed by atoms with Gasteiger partial charge >= 0.3 is 0 Å². The van der Waals surface area contributed by atoms with E-state index >= 15 is 0 Å². The van der Waals surface area contributed by atoms with Crippen molar-refractivity contribution >= 4 is 27.3 Å². The fourth-order valence-electron chi connectivity index (χ4n) is 1.96. The van der Waals surface area contributed by atoms with E-state index in [0.29, 0.717) is 6.61 Å². The van der Waals surface area contributed by atoms with Crippen LogP contribution in [0.5, 0.6) is 5.75 Å². The van der Waals surface area contributed by atoms with Gasteiger partial charge in [0.25, 0.3) is 0 Å². The van der Waals surface area contributed by atoms with Crippen LogP contribution < -0.4 is 10.5 Å². The van der Waals surface area contributed by atoms with E-state index in [1.54, 1.807) is 11.3 Å². The number of ether oxygens (including phenoxy) is 1. The molecule has 1 heterocycles. The first-order chi connectivity index (χ1) is 9.02. The molecule has 102 valence electrons. The van der Waals surface area contributed by atoms with Crippen LogP contribution in [0.25, 0.3) is 0 Å². The van der Waals surface area contributed by atoms with Gasteiger partial charge in [-0.15, -0.1) is 11.3 Å². The lowest BCUT2D eigenvalue weighted by molar-refractivity contribution is 0.335. The molecule has 0 aliphatic rings. The van der Waals surface area contributed by atoms with Gasteiger partial charge in [0.15, 0.2) is 0 Å². The molecule has 0 fully saturated rings. The molecule has 0 bridgehead atoms. The number of nitrogens with two attached hydrogens (primary N) is 1. The van der Waals surface area contributed by atoms with Crippen LogP contribution in [0.4, 0.5) is 0 Å². The Morgan fingerprint density at radius 3 is 2.63 bits per heavy atom. The highest BCUT2D eigenvalue weighted by Crippen LogP contribution is 2.35. The SMILES string of the molecule is CCOc1ccc(Br)cc1C(N)c1cc(C)c(C)s1. The second-order valence-electron chi connectivity index (χ2n) is 4.48. The number of hydrogen-bond acceptors (Lipinski definition) is 3. The zero-order chi connectivity index (χ0) is 14.0. The molecule has 2 rings (SSSR count). The molecule has 2 nitrogen and oxygen atoms in total. The summed E-state index contributed by atoms with van der Waals surface area (Å²) in [5.74, 6) is 0.863. The van der Waals surface area contributed by atoms with Gasteiger partial charge in [0.2, 0.25) is 0 Å². The number of halogens is 1. The summed E-state index contributed by atoms with van der Waals surface area (Å²) >= 11 is 5.25. The lowest BCUT2D eigenvalue weighted by Crippen LogP contribution is -2.12. The Morgan fingerprint density at radius 2 is 2.05 bits per heavy atom. The molecule has 1 unspecified atom stereocenters. The predicted octanol–water partition coefficient (Wildman–Crippen LogP) is 4.57. The molecule has 0 saturated heterocycles. The van der Waals surface area contributed by atoms with Crippen molar-refractivity contribution in [2.75, 3.05) is 6.61 Å². The Labute approximate surface area is 126 Å². The van der Waals surface area contributed by atoms with Crippen LogP contribution in [0.15, 0.2) is 28.7 Å². The quantitative estimate of drug-likeness (QED) is 0.885. The van der Waals surface area contributed by atoms with Gasteiger partial charge in [-0.05, 0) is 50.6 Å². The lowest BCUT2D eigenvalue weighted by atomic mass is 10.0. The van der Waals surface area contributed by atoms with Crippen molar-refractivity contribution in [3.8, 4) is 5.75 Å². The summed E-state index contributed by atoms with van der Waals surface area (Å²) in [6, 6.07) is 8.01. The molecule has 0 spiro atoms. The lowest BCUT2D eigenvalue weighted by Gasteiger charge is -2.16. The summed E-state index contributed by atoms with van der Waals surface area (Å²) in [6.45, 7) is 6.87. The molecule has 2 N–H and O–H groups in total. The normalized spacial score (nSPS) is 12.5. The van der Waals surface area contributed by atoms with Crippen LogP contribution in [0.3, 0.4) is 0 Å².